The molecule has 1 amide bonds. The SMILES string of the molecule is O=C(O)Cn1ccc([C@@H]2CCCN(C(=O)c3cc(Cl)c[nH]c3=O)C2)n1. The van der Waals surface area contributed by atoms with Crippen LogP contribution in [0.15, 0.2) is 29.3 Å². The van der Waals surface area contributed by atoms with E-state index in [9.17, 15) is 14.4 Å². The van der Waals surface area contributed by atoms with Gasteiger partial charge in [-0.3, -0.25) is 19.1 Å². The van der Waals surface area contributed by atoms with E-state index >= 15 is 0 Å². The molecule has 0 saturated carbocycles. The Morgan fingerprint density at radius 3 is 3.00 bits per heavy atom. The van der Waals surface area contributed by atoms with Crippen LogP contribution in [0.1, 0.15) is 34.8 Å². The molecule has 0 bridgehead atoms. The number of hydrogen-bond acceptors (Lipinski definition) is 4. The summed E-state index contributed by atoms with van der Waals surface area (Å²) >= 11 is 5.87. The number of nitrogens with zero attached hydrogens (tertiary/aromatic N) is 3. The number of aliphatic carboxylic acids is 1. The van der Waals surface area contributed by atoms with Crippen LogP contribution in [0.25, 0.3) is 0 Å². The van der Waals surface area contributed by atoms with Gasteiger partial charge in [0.1, 0.15) is 12.1 Å². The summed E-state index contributed by atoms with van der Waals surface area (Å²) in [6.07, 6.45) is 4.58. The van der Waals surface area contributed by atoms with E-state index < -0.39 is 11.5 Å². The molecule has 1 saturated heterocycles. The lowest BCUT2D eigenvalue weighted by Crippen LogP contribution is -2.41. The Labute approximate surface area is 148 Å². The van der Waals surface area contributed by atoms with Gasteiger partial charge in [0.2, 0.25) is 0 Å². The van der Waals surface area contributed by atoms with Gasteiger partial charge in [0.05, 0.1) is 10.7 Å². The van der Waals surface area contributed by atoms with Crippen LogP contribution in [0.5, 0.6) is 0 Å². The molecule has 0 radical (unpaired) electrons. The maximum absolute atomic E-state index is 12.6. The summed E-state index contributed by atoms with van der Waals surface area (Å²) in [6.45, 7) is 0.777. The molecule has 1 fully saturated rings. The van der Waals surface area contributed by atoms with Crippen LogP contribution in [0.4, 0.5) is 0 Å². The quantitative estimate of drug-likeness (QED) is 0.850. The van der Waals surface area contributed by atoms with Crippen LogP contribution in [0.2, 0.25) is 5.02 Å². The minimum Gasteiger partial charge on any atom is -0.480 e. The van der Waals surface area contributed by atoms with Crippen LogP contribution in [0.3, 0.4) is 0 Å². The average Bonchev–Trinajstić information content (AvgIpc) is 3.04. The topological polar surface area (TPSA) is 108 Å². The molecule has 8 nitrogen and oxygen atoms in total. The van der Waals surface area contributed by atoms with Gasteiger partial charge in [-0.25, -0.2) is 0 Å². The van der Waals surface area contributed by atoms with E-state index in [-0.39, 0.29) is 23.9 Å². The summed E-state index contributed by atoms with van der Waals surface area (Å²) in [5.41, 5.74) is 0.297. The number of carbonyl (C=O) groups excluding carboxylic acids is 1. The largest absolute Gasteiger partial charge is 0.480 e. The molecule has 0 aliphatic carbocycles. The van der Waals surface area contributed by atoms with Crippen LogP contribution < -0.4 is 5.56 Å². The van der Waals surface area contributed by atoms with Crippen molar-refractivity contribution in [3.05, 3.63) is 51.2 Å². The predicted octanol–water partition coefficient (Wildman–Crippen LogP) is 1.33. The molecule has 2 aromatic heterocycles. The minimum atomic E-state index is -0.963. The van der Waals surface area contributed by atoms with E-state index in [0.717, 1.165) is 18.5 Å². The summed E-state index contributed by atoms with van der Waals surface area (Å²) in [4.78, 5) is 39.3. The first-order chi connectivity index (χ1) is 11.9. The van der Waals surface area contributed by atoms with Gasteiger partial charge in [0, 0.05) is 31.4 Å². The lowest BCUT2D eigenvalue weighted by Gasteiger charge is -2.31. The number of nitrogens with one attached hydrogen (secondary N) is 1. The lowest BCUT2D eigenvalue weighted by molar-refractivity contribution is -0.137. The van der Waals surface area contributed by atoms with E-state index in [1.807, 2.05) is 0 Å². The van der Waals surface area contributed by atoms with Gasteiger partial charge in [0.15, 0.2) is 0 Å². The Morgan fingerprint density at radius 1 is 1.44 bits per heavy atom. The number of amides is 1. The lowest BCUT2D eigenvalue weighted by atomic mass is 9.94. The Kier molecular flexibility index (Phi) is 4.89. The number of carboxylic acids is 1. The molecule has 2 aromatic rings. The molecule has 9 heteroatoms. The zero-order valence-corrected chi connectivity index (χ0v) is 14.1. The molecule has 3 rings (SSSR count). The molecule has 132 valence electrons. The Bertz CT molecular complexity index is 860. The number of aromatic amines is 1. The van der Waals surface area contributed by atoms with Gasteiger partial charge < -0.3 is 15.0 Å². The van der Waals surface area contributed by atoms with Crippen molar-refractivity contribution in [3.63, 3.8) is 0 Å². The maximum Gasteiger partial charge on any atom is 0.325 e. The monoisotopic (exact) mass is 364 g/mol. The molecular weight excluding hydrogens is 348 g/mol. The van der Waals surface area contributed by atoms with Crippen LogP contribution >= 0.6 is 11.6 Å². The number of carboxylic acid groups (broad SMARTS) is 1. The highest BCUT2D eigenvalue weighted by molar-refractivity contribution is 6.30. The summed E-state index contributed by atoms with van der Waals surface area (Å²) in [5, 5.41) is 13.4. The highest BCUT2D eigenvalue weighted by Crippen LogP contribution is 2.26. The fourth-order valence-electron chi connectivity index (χ4n) is 3.01. The average molecular weight is 365 g/mol. The van der Waals surface area contributed by atoms with Crippen molar-refractivity contribution in [3.8, 4) is 0 Å². The Morgan fingerprint density at radius 2 is 2.24 bits per heavy atom. The number of rotatable bonds is 4. The zero-order valence-electron chi connectivity index (χ0n) is 13.3. The number of hydrogen-bond donors (Lipinski definition) is 2. The highest BCUT2D eigenvalue weighted by atomic mass is 35.5. The molecule has 0 aromatic carbocycles. The van der Waals surface area contributed by atoms with Gasteiger partial charge in [-0.1, -0.05) is 11.6 Å². The van der Waals surface area contributed by atoms with E-state index in [0.29, 0.717) is 18.1 Å². The predicted molar refractivity (Wildman–Crippen MR) is 89.8 cm³/mol. The number of piperidine rings is 1. The van der Waals surface area contributed by atoms with Gasteiger partial charge in [-0.05, 0) is 25.0 Å². The Balaban J connectivity index is 1.75. The molecule has 1 aliphatic heterocycles. The third kappa shape index (κ3) is 3.90. The summed E-state index contributed by atoms with van der Waals surface area (Å²) < 4.78 is 1.36. The molecule has 1 aliphatic rings. The van der Waals surface area contributed by atoms with Crippen molar-refractivity contribution in [2.75, 3.05) is 13.1 Å². The van der Waals surface area contributed by atoms with Gasteiger partial charge in [0.25, 0.3) is 11.5 Å². The first-order valence-corrected chi connectivity index (χ1v) is 8.24. The van der Waals surface area contributed by atoms with E-state index in [1.165, 1.54) is 16.9 Å². The second kappa shape index (κ2) is 7.10. The second-order valence-electron chi connectivity index (χ2n) is 5.98. The van der Waals surface area contributed by atoms with E-state index in [4.69, 9.17) is 16.7 Å². The van der Waals surface area contributed by atoms with Crippen LogP contribution in [0, 0.1) is 0 Å². The van der Waals surface area contributed by atoms with Crippen molar-refractivity contribution in [1.82, 2.24) is 19.7 Å². The van der Waals surface area contributed by atoms with Gasteiger partial charge >= 0.3 is 5.97 Å². The maximum atomic E-state index is 12.6. The first-order valence-electron chi connectivity index (χ1n) is 7.86. The molecule has 1 atom stereocenters. The highest BCUT2D eigenvalue weighted by Gasteiger charge is 2.28. The van der Waals surface area contributed by atoms with Gasteiger partial charge in [-0.15, -0.1) is 0 Å². The minimum absolute atomic E-state index is 0.00557. The smallest absolute Gasteiger partial charge is 0.325 e. The second-order valence-corrected chi connectivity index (χ2v) is 6.42. The summed E-state index contributed by atoms with van der Waals surface area (Å²) in [5.74, 6) is -1.32. The van der Waals surface area contributed by atoms with Crippen molar-refractivity contribution in [2.45, 2.75) is 25.3 Å². The molecule has 2 N–H and O–H groups in total. The fourth-order valence-corrected chi connectivity index (χ4v) is 3.17. The molecule has 3 heterocycles. The number of carbonyl (C=O) groups is 2. The molecular formula is C16H17ClN4O4. The van der Waals surface area contributed by atoms with Crippen LogP contribution in [-0.2, 0) is 11.3 Å². The van der Waals surface area contributed by atoms with Crippen molar-refractivity contribution >= 4 is 23.5 Å². The number of H-pyrrole nitrogens is 1. The van der Waals surface area contributed by atoms with Gasteiger partial charge in [-0.2, -0.15) is 5.10 Å². The fraction of sp³-hybridized carbons (Fsp3) is 0.375. The molecule has 0 unspecified atom stereocenters. The first kappa shape index (κ1) is 17.2. The summed E-state index contributed by atoms with van der Waals surface area (Å²) in [6, 6.07) is 3.14. The van der Waals surface area contributed by atoms with Crippen molar-refractivity contribution in [1.29, 1.82) is 0 Å². The Hall–Kier alpha value is -2.61. The van der Waals surface area contributed by atoms with Crippen LogP contribution in [-0.4, -0.2) is 49.7 Å². The van der Waals surface area contributed by atoms with Crippen molar-refractivity contribution < 1.29 is 14.7 Å². The number of pyridine rings is 1. The normalized spacial score (nSPS) is 17.5. The summed E-state index contributed by atoms with van der Waals surface area (Å²) in [7, 11) is 0. The molecule has 25 heavy (non-hydrogen) atoms. The number of halogens is 1. The molecule has 0 spiro atoms. The number of likely N-dealkylation sites (tertiary alicyclic amines) is 1. The van der Waals surface area contributed by atoms with Crippen molar-refractivity contribution in [2.24, 2.45) is 0 Å². The zero-order chi connectivity index (χ0) is 18.0. The van der Waals surface area contributed by atoms with E-state index in [1.54, 1.807) is 17.2 Å². The number of aromatic nitrogens is 3. The van der Waals surface area contributed by atoms with E-state index in [2.05, 4.69) is 10.1 Å². The standard InChI is InChI=1S/C16H17ClN4O4/c17-11-6-12(15(24)18-7-11)16(25)20-4-1-2-10(8-20)13-3-5-21(19-13)9-14(22)23/h3,5-7,10H,1-2,4,8-9H2,(H,18,24)(H,22,23)/t10-/m1/s1. The third-order valence-corrected chi connectivity index (χ3v) is 4.40. The third-order valence-electron chi connectivity index (χ3n) is 4.18.